The van der Waals surface area contributed by atoms with Crippen molar-refractivity contribution in [2.45, 2.75) is 0 Å². The zero-order valence-electron chi connectivity index (χ0n) is 5.14. The first-order valence-corrected chi connectivity index (χ1v) is 2.21. The number of rotatable bonds is 2. The van der Waals surface area contributed by atoms with E-state index < -0.39 is 5.91 Å². The minimum Gasteiger partial charge on any atom is -0.374 e. The molecule has 0 aliphatic carbocycles. The van der Waals surface area contributed by atoms with Crippen LogP contribution in [-0.4, -0.2) is 24.9 Å². The average Bonchev–Trinajstić information content (AvgIpc) is 1.64. The van der Waals surface area contributed by atoms with E-state index in [1.807, 2.05) is 0 Å². The van der Waals surface area contributed by atoms with Gasteiger partial charge in [-0.3, -0.25) is 4.79 Å². The molecule has 1 amide bonds. The lowest BCUT2D eigenvalue weighted by Gasteiger charge is -2.10. The van der Waals surface area contributed by atoms with Gasteiger partial charge in [0.2, 0.25) is 0 Å². The van der Waals surface area contributed by atoms with Gasteiger partial charge in [-0.05, 0) is 0 Å². The summed E-state index contributed by atoms with van der Waals surface area (Å²) in [5.74, 6) is -0.477. The van der Waals surface area contributed by atoms with Crippen molar-refractivity contribution >= 4 is 5.91 Å². The highest BCUT2D eigenvalue weighted by Crippen LogP contribution is 1.89. The molecule has 8 heavy (non-hydrogen) atoms. The molecule has 0 saturated carbocycles. The van der Waals surface area contributed by atoms with Crippen LogP contribution in [0.1, 0.15) is 0 Å². The van der Waals surface area contributed by atoms with Gasteiger partial charge < -0.3 is 10.6 Å². The lowest BCUT2D eigenvalue weighted by molar-refractivity contribution is -0.115. The summed E-state index contributed by atoms with van der Waals surface area (Å²) in [5, 5.41) is 0. The Labute approximate surface area is 48.8 Å². The van der Waals surface area contributed by atoms with Gasteiger partial charge in [0.25, 0.3) is 5.91 Å². The van der Waals surface area contributed by atoms with Crippen molar-refractivity contribution in [2.24, 2.45) is 5.73 Å². The lowest BCUT2D eigenvalue weighted by Crippen LogP contribution is -2.24. The van der Waals surface area contributed by atoms with Crippen molar-refractivity contribution < 1.29 is 4.79 Å². The Hall–Kier alpha value is -0.990. The molecule has 0 heterocycles. The van der Waals surface area contributed by atoms with E-state index in [2.05, 4.69) is 6.58 Å². The summed E-state index contributed by atoms with van der Waals surface area (Å²) in [6.07, 6.45) is 0. The van der Waals surface area contributed by atoms with Gasteiger partial charge in [-0.1, -0.05) is 6.58 Å². The van der Waals surface area contributed by atoms with Crippen molar-refractivity contribution in [3.05, 3.63) is 12.3 Å². The van der Waals surface area contributed by atoms with Crippen molar-refractivity contribution in [1.82, 2.24) is 4.90 Å². The quantitative estimate of drug-likeness (QED) is 0.494. The summed E-state index contributed by atoms with van der Waals surface area (Å²) in [4.78, 5) is 11.8. The number of hydrogen-bond donors (Lipinski definition) is 1. The molecule has 0 atom stereocenters. The maximum Gasteiger partial charge on any atom is 0.264 e. The number of hydrogen-bond acceptors (Lipinski definition) is 2. The second kappa shape index (κ2) is 2.35. The highest BCUT2D eigenvalue weighted by atomic mass is 16.1. The predicted octanol–water partition coefficient (Wildman–Crippen LogP) is -0.453. The zero-order chi connectivity index (χ0) is 6.73. The van der Waals surface area contributed by atoms with E-state index in [0.717, 1.165) is 0 Å². The fraction of sp³-hybridized carbons (Fsp3) is 0.400. The molecule has 0 aliphatic rings. The highest BCUT2D eigenvalue weighted by Gasteiger charge is 2.00. The first-order chi connectivity index (χ1) is 3.55. The number of primary amides is 1. The summed E-state index contributed by atoms with van der Waals surface area (Å²) in [6.45, 7) is 3.41. The summed E-state index contributed by atoms with van der Waals surface area (Å²) >= 11 is 0. The van der Waals surface area contributed by atoms with E-state index in [-0.39, 0.29) is 0 Å². The Balaban J connectivity index is 3.84. The van der Waals surface area contributed by atoms with Crippen LogP contribution < -0.4 is 5.73 Å². The molecule has 0 aromatic heterocycles. The van der Waals surface area contributed by atoms with Gasteiger partial charge in [-0.2, -0.15) is 0 Å². The number of carbonyl (C=O) groups excluding carboxylic acids is 1. The van der Waals surface area contributed by atoms with Crippen molar-refractivity contribution in [1.29, 1.82) is 0 Å². The third-order valence-electron chi connectivity index (χ3n) is 0.824. The van der Waals surface area contributed by atoms with E-state index in [1.165, 1.54) is 0 Å². The van der Waals surface area contributed by atoms with E-state index in [1.54, 1.807) is 19.0 Å². The summed E-state index contributed by atoms with van der Waals surface area (Å²) < 4.78 is 0. The molecule has 0 spiro atoms. The van der Waals surface area contributed by atoms with E-state index in [0.29, 0.717) is 5.70 Å². The number of amides is 1. The minimum absolute atomic E-state index is 0.324. The van der Waals surface area contributed by atoms with E-state index >= 15 is 0 Å². The van der Waals surface area contributed by atoms with Crippen LogP contribution in [0.5, 0.6) is 0 Å². The van der Waals surface area contributed by atoms with Gasteiger partial charge in [0.05, 0.1) is 5.70 Å². The van der Waals surface area contributed by atoms with Gasteiger partial charge in [-0.15, -0.1) is 0 Å². The van der Waals surface area contributed by atoms with Crippen LogP contribution in [0.15, 0.2) is 12.3 Å². The van der Waals surface area contributed by atoms with Crippen LogP contribution in [-0.2, 0) is 4.79 Å². The number of likely N-dealkylation sites (N-methyl/N-ethyl adjacent to an activating group) is 1. The van der Waals surface area contributed by atoms with Gasteiger partial charge in [0.1, 0.15) is 0 Å². The topological polar surface area (TPSA) is 46.3 Å². The van der Waals surface area contributed by atoms with Crippen molar-refractivity contribution in [3.63, 3.8) is 0 Å². The van der Waals surface area contributed by atoms with Crippen molar-refractivity contribution in [2.75, 3.05) is 14.1 Å². The summed E-state index contributed by atoms with van der Waals surface area (Å²) in [5.41, 5.74) is 5.18. The molecule has 3 heteroatoms. The normalized spacial score (nSPS) is 8.25. The molecule has 0 aliphatic heterocycles. The van der Waals surface area contributed by atoms with Gasteiger partial charge >= 0.3 is 0 Å². The first-order valence-electron chi connectivity index (χ1n) is 2.21. The molecule has 0 unspecified atom stereocenters. The monoisotopic (exact) mass is 114 g/mol. The largest absolute Gasteiger partial charge is 0.374 e. The second-order valence-corrected chi connectivity index (χ2v) is 1.71. The van der Waals surface area contributed by atoms with Gasteiger partial charge in [-0.25, -0.2) is 0 Å². The third kappa shape index (κ3) is 1.64. The Morgan fingerprint density at radius 1 is 1.62 bits per heavy atom. The Morgan fingerprint density at radius 3 is 2.00 bits per heavy atom. The molecule has 0 saturated heterocycles. The standard InChI is InChI=1S/C5H10N2O/c1-4(5(6)8)7(2)3/h1H2,2-3H3,(H2,6,8). The maximum atomic E-state index is 10.2. The third-order valence-corrected chi connectivity index (χ3v) is 0.824. The molecule has 3 nitrogen and oxygen atoms in total. The molecular formula is C5H10N2O. The lowest BCUT2D eigenvalue weighted by atomic mass is 10.4. The molecule has 0 aromatic rings. The average molecular weight is 114 g/mol. The van der Waals surface area contributed by atoms with Crippen molar-refractivity contribution in [3.8, 4) is 0 Å². The van der Waals surface area contributed by atoms with Crippen LogP contribution in [0.3, 0.4) is 0 Å². The van der Waals surface area contributed by atoms with Gasteiger partial charge in [0, 0.05) is 14.1 Å². The SMILES string of the molecule is C=C(C(N)=O)N(C)C. The van der Waals surface area contributed by atoms with E-state index in [4.69, 9.17) is 5.73 Å². The van der Waals surface area contributed by atoms with Crippen LogP contribution in [0.4, 0.5) is 0 Å². The molecule has 46 valence electrons. The molecule has 0 radical (unpaired) electrons. The minimum atomic E-state index is -0.477. The second-order valence-electron chi connectivity index (χ2n) is 1.71. The fourth-order valence-electron chi connectivity index (χ4n) is 0.220. The molecule has 0 rings (SSSR count). The molecule has 0 fully saturated rings. The molecule has 0 bridgehead atoms. The Morgan fingerprint density at radius 2 is 2.00 bits per heavy atom. The summed E-state index contributed by atoms with van der Waals surface area (Å²) in [7, 11) is 3.43. The Bertz CT molecular complexity index is 118. The highest BCUT2D eigenvalue weighted by molar-refractivity contribution is 5.90. The number of nitrogens with zero attached hydrogens (tertiary/aromatic N) is 1. The molecular weight excluding hydrogens is 104 g/mol. The number of carbonyl (C=O) groups is 1. The maximum absolute atomic E-state index is 10.2. The van der Waals surface area contributed by atoms with Crippen LogP contribution in [0, 0.1) is 0 Å². The smallest absolute Gasteiger partial charge is 0.264 e. The fourth-order valence-corrected chi connectivity index (χ4v) is 0.220. The summed E-state index contributed by atoms with van der Waals surface area (Å²) in [6, 6.07) is 0. The van der Waals surface area contributed by atoms with Crippen LogP contribution in [0.2, 0.25) is 0 Å². The Kier molecular flexibility index (Phi) is 2.06. The van der Waals surface area contributed by atoms with Crippen LogP contribution in [0.25, 0.3) is 0 Å². The first kappa shape index (κ1) is 7.01. The molecule has 2 N–H and O–H groups in total. The van der Waals surface area contributed by atoms with Gasteiger partial charge in [0.15, 0.2) is 0 Å². The van der Waals surface area contributed by atoms with E-state index in [9.17, 15) is 4.79 Å². The number of nitrogens with two attached hydrogens (primary N) is 1. The zero-order valence-corrected chi connectivity index (χ0v) is 5.14. The molecule has 0 aromatic carbocycles. The predicted molar refractivity (Wildman–Crippen MR) is 32.0 cm³/mol. The van der Waals surface area contributed by atoms with Crippen LogP contribution >= 0.6 is 0 Å².